The van der Waals surface area contributed by atoms with Crippen LogP contribution < -0.4 is 10.1 Å². The minimum Gasteiger partial charge on any atom is -0.484 e. The number of likely N-dealkylation sites (tertiary alicyclic amines) is 1. The van der Waals surface area contributed by atoms with Crippen molar-refractivity contribution in [3.63, 3.8) is 0 Å². The maximum absolute atomic E-state index is 12.3. The molecule has 1 fully saturated rings. The molecule has 1 N–H and O–H groups in total. The van der Waals surface area contributed by atoms with Crippen LogP contribution in [0.15, 0.2) is 30.3 Å². The molecular weight excluding hydrogens is 352 g/mol. The molecule has 8 nitrogen and oxygen atoms in total. The molecule has 1 aliphatic heterocycles. The van der Waals surface area contributed by atoms with Gasteiger partial charge in [0.2, 0.25) is 5.91 Å². The number of carbonyl (C=O) groups is 4. The number of hydrogen-bond acceptors (Lipinski definition) is 6. The molecule has 27 heavy (non-hydrogen) atoms. The second-order valence-corrected chi connectivity index (χ2v) is 6.54. The highest BCUT2D eigenvalue weighted by molar-refractivity contribution is 5.98. The number of amides is 3. The molecule has 0 radical (unpaired) electrons. The molecular formula is C19H24N2O6. The number of hydrogen-bond donors (Lipinski definition) is 1. The summed E-state index contributed by atoms with van der Waals surface area (Å²) >= 11 is 0. The summed E-state index contributed by atoms with van der Waals surface area (Å²) in [6, 6.07) is 7.90. The van der Waals surface area contributed by atoms with Crippen LogP contribution in [0.1, 0.15) is 26.7 Å². The third-order valence-electron chi connectivity index (χ3n) is 4.06. The van der Waals surface area contributed by atoms with Crippen LogP contribution in [0.2, 0.25) is 0 Å². The smallest absolute Gasteiger partial charge is 0.329 e. The molecule has 0 saturated carbocycles. The number of nitrogens with zero attached hydrogens (tertiary/aromatic N) is 1. The number of esters is 1. The van der Waals surface area contributed by atoms with Crippen LogP contribution >= 0.6 is 0 Å². The van der Waals surface area contributed by atoms with Crippen LogP contribution in [0.4, 0.5) is 0 Å². The molecule has 0 aliphatic carbocycles. The molecule has 1 atom stereocenters. The Bertz CT molecular complexity index is 689. The maximum atomic E-state index is 12.3. The fraction of sp³-hybridized carbons (Fsp3) is 0.474. The van der Waals surface area contributed by atoms with Crippen molar-refractivity contribution < 1.29 is 28.7 Å². The van der Waals surface area contributed by atoms with Gasteiger partial charge in [-0.3, -0.25) is 19.3 Å². The summed E-state index contributed by atoms with van der Waals surface area (Å²) in [6.45, 7) is 3.06. The van der Waals surface area contributed by atoms with E-state index in [-0.39, 0.29) is 18.4 Å². The number of para-hydroxylation sites is 1. The van der Waals surface area contributed by atoms with Crippen molar-refractivity contribution >= 4 is 23.7 Å². The topological polar surface area (TPSA) is 102 Å². The van der Waals surface area contributed by atoms with Gasteiger partial charge >= 0.3 is 5.97 Å². The van der Waals surface area contributed by atoms with E-state index in [4.69, 9.17) is 9.47 Å². The molecule has 0 unspecified atom stereocenters. The predicted molar refractivity (Wildman–Crippen MR) is 95.6 cm³/mol. The zero-order chi connectivity index (χ0) is 19.8. The highest BCUT2D eigenvalue weighted by Crippen LogP contribution is 2.11. The molecule has 1 aliphatic rings. The number of carbonyl (C=O) groups excluding carboxylic acids is 4. The fourth-order valence-electron chi connectivity index (χ4n) is 2.59. The van der Waals surface area contributed by atoms with Crippen molar-refractivity contribution in [1.29, 1.82) is 0 Å². The zero-order valence-corrected chi connectivity index (χ0v) is 15.5. The molecule has 2 rings (SSSR count). The lowest BCUT2D eigenvalue weighted by atomic mass is 10.0. The van der Waals surface area contributed by atoms with Crippen LogP contribution in [0, 0.1) is 5.92 Å². The maximum Gasteiger partial charge on any atom is 0.329 e. The van der Waals surface area contributed by atoms with E-state index < -0.39 is 30.4 Å². The van der Waals surface area contributed by atoms with Crippen molar-refractivity contribution in [3.05, 3.63) is 30.3 Å². The molecule has 1 aromatic carbocycles. The predicted octanol–water partition coefficient (Wildman–Crippen LogP) is 0.898. The summed E-state index contributed by atoms with van der Waals surface area (Å²) in [6.07, 6.45) is 0.941. The zero-order valence-electron chi connectivity index (χ0n) is 15.5. The molecule has 0 aromatic heterocycles. The quantitative estimate of drug-likeness (QED) is 0.677. The van der Waals surface area contributed by atoms with E-state index >= 15 is 0 Å². The Kier molecular flexibility index (Phi) is 7.34. The van der Waals surface area contributed by atoms with Crippen LogP contribution in [-0.4, -0.2) is 54.4 Å². The SMILES string of the molecule is CC(C)[C@H](NC(=O)COc1ccccc1)C(=O)OCC(=O)N1CCCC1=O. The normalized spacial score (nSPS) is 14.8. The Morgan fingerprint density at radius 2 is 1.85 bits per heavy atom. The fourth-order valence-corrected chi connectivity index (χ4v) is 2.59. The van der Waals surface area contributed by atoms with Crippen LogP contribution in [0.25, 0.3) is 0 Å². The van der Waals surface area contributed by atoms with Gasteiger partial charge in [0, 0.05) is 13.0 Å². The lowest BCUT2D eigenvalue weighted by Crippen LogP contribution is -2.47. The molecule has 0 bridgehead atoms. The molecule has 1 saturated heterocycles. The van der Waals surface area contributed by atoms with Crippen molar-refractivity contribution in [2.24, 2.45) is 5.92 Å². The van der Waals surface area contributed by atoms with Crippen molar-refractivity contribution in [1.82, 2.24) is 10.2 Å². The van der Waals surface area contributed by atoms with Gasteiger partial charge in [0.05, 0.1) is 0 Å². The lowest BCUT2D eigenvalue weighted by molar-refractivity contribution is -0.157. The van der Waals surface area contributed by atoms with Gasteiger partial charge < -0.3 is 14.8 Å². The van der Waals surface area contributed by atoms with E-state index in [2.05, 4.69) is 5.32 Å². The van der Waals surface area contributed by atoms with Gasteiger partial charge in [-0.15, -0.1) is 0 Å². The van der Waals surface area contributed by atoms with Gasteiger partial charge in [0.25, 0.3) is 11.8 Å². The standard InChI is InChI=1S/C19H24N2O6/c1-13(2)18(20-15(22)11-26-14-7-4-3-5-8-14)19(25)27-12-17(24)21-10-6-9-16(21)23/h3-5,7-8,13,18H,6,9-12H2,1-2H3,(H,20,22)/t18-/m0/s1. The Balaban J connectivity index is 1.82. The third kappa shape index (κ3) is 6.09. The van der Waals surface area contributed by atoms with E-state index in [0.717, 1.165) is 4.90 Å². The first kappa shape index (κ1) is 20.4. The average molecular weight is 376 g/mol. The van der Waals surface area contributed by atoms with Crippen molar-refractivity contribution in [2.45, 2.75) is 32.7 Å². The van der Waals surface area contributed by atoms with Crippen LogP contribution in [0.3, 0.4) is 0 Å². The van der Waals surface area contributed by atoms with Gasteiger partial charge in [-0.1, -0.05) is 32.0 Å². The largest absolute Gasteiger partial charge is 0.484 e. The second-order valence-electron chi connectivity index (χ2n) is 6.54. The summed E-state index contributed by atoms with van der Waals surface area (Å²) in [5.41, 5.74) is 0. The highest BCUT2D eigenvalue weighted by atomic mass is 16.5. The van der Waals surface area contributed by atoms with Gasteiger partial charge in [-0.05, 0) is 24.5 Å². The number of benzene rings is 1. The Labute approximate surface area is 157 Å². The van der Waals surface area contributed by atoms with Crippen LogP contribution in [-0.2, 0) is 23.9 Å². The summed E-state index contributed by atoms with van der Waals surface area (Å²) in [7, 11) is 0. The number of rotatable bonds is 8. The minimum absolute atomic E-state index is 0.248. The first-order chi connectivity index (χ1) is 12.9. The molecule has 1 heterocycles. The second kappa shape index (κ2) is 9.70. The summed E-state index contributed by atoms with van der Waals surface area (Å²) in [4.78, 5) is 48.9. The lowest BCUT2D eigenvalue weighted by Gasteiger charge is -2.21. The summed E-state index contributed by atoms with van der Waals surface area (Å²) < 4.78 is 10.4. The Morgan fingerprint density at radius 1 is 1.15 bits per heavy atom. The minimum atomic E-state index is -0.918. The summed E-state index contributed by atoms with van der Waals surface area (Å²) in [5.74, 6) is -1.72. The van der Waals surface area contributed by atoms with E-state index in [1.165, 1.54) is 0 Å². The first-order valence-corrected chi connectivity index (χ1v) is 8.85. The molecule has 3 amide bonds. The van der Waals surface area contributed by atoms with Crippen LogP contribution in [0.5, 0.6) is 5.75 Å². The number of ether oxygens (including phenoxy) is 2. The average Bonchev–Trinajstić information content (AvgIpc) is 3.09. The molecule has 1 aromatic rings. The number of nitrogens with one attached hydrogen (secondary N) is 1. The third-order valence-corrected chi connectivity index (χ3v) is 4.06. The number of imide groups is 1. The van der Waals surface area contributed by atoms with Gasteiger partial charge in [0.15, 0.2) is 13.2 Å². The van der Waals surface area contributed by atoms with Gasteiger partial charge in [-0.2, -0.15) is 0 Å². The van der Waals surface area contributed by atoms with Crippen molar-refractivity contribution in [3.8, 4) is 5.75 Å². The van der Waals surface area contributed by atoms with E-state index in [0.29, 0.717) is 25.1 Å². The monoisotopic (exact) mass is 376 g/mol. The van der Waals surface area contributed by atoms with Gasteiger partial charge in [-0.25, -0.2) is 4.79 Å². The molecule has 146 valence electrons. The van der Waals surface area contributed by atoms with E-state index in [9.17, 15) is 19.2 Å². The Hall–Kier alpha value is -2.90. The van der Waals surface area contributed by atoms with E-state index in [1.54, 1.807) is 38.1 Å². The highest BCUT2D eigenvalue weighted by Gasteiger charge is 2.30. The first-order valence-electron chi connectivity index (χ1n) is 8.85. The Morgan fingerprint density at radius 3 is 2.44 bits per heavy atom. The molecule has 0 spiro atoms. The molecule has 8 heteroatoms. The summed E-state index contributed by atoms with van der Waals surface area (Å²) in [5, 5.41) is 2.56. The van der Waals surface area contributed by atoms with Crippen molar-refractivity contribution in [2.75, 3.05) is 19.8 Å². The van der Waals surface area contributed by atoms with Gasteiger partial charge in [0.1, 0.15) is 11.8 Å². The van der Waals surface area contributed by atoms with E-state index in [1.807, 2.05) is 6.07 Å².